The molecule has 188 valence electrons. The summed E-state index contributed by atoms with van der Waals surface area (Å²) in [5.74, 6) is 0.0795. The van der Waals surface area contributed by atoms with Gasteiger partial charge in [0.1, 0.15) is 5.82 Å². The highest BCUT2D eigenvalue weighted by atomic mass is 35.5. The van der Waals surface area contributed by atoms with E-state index in [-0.39, 0.29) is 30.6 Å². The summed E-state index contributed by atoms with van der Waals surface area (Å²) in [4.78, 5) is 27.8. The van der Waals surface area contributed by atoms with Gasteiger partial charge >= 0.3 is 0 Å². The number of carbonyl (C=O) groups excluding carboxylic acids is 2. The number of nitrogens with two attached hydrogens (primary N) is 1. The fourth-order valence-corrected chi connectivity index (χ4v) is 3.95. The number of hydrogen-bond acceptors (Lipinski definition) is 5. The highest BCUT2D eigenvalue weighted by molar-refractivity contribution is 6.31. The summed E-state index contributed by atoms with van der Waals surface area (Å²) in [6, 6.07) is 15.4. The van der Waals surface area contributed by atoms with Crippen LogP contribution in [0.2, 0.25) is 5.02 Å². The standard InChI is InChI=1S/C27H27ClFN3O4/c1-27(2,14-30)15-32(26(34)18-5-10-23-24(12-18)36-16-35-23)13-19-11-21(8-9-22(19)28)31-25(33)17-3-6-20(29)7-4-17/h3-12H,13-16,30H2,1-2H3,(H,31,33). The Labute approximate surface area is 213 Å². The number of amides is 2. The highest BCUT2D eigenvalue weighted by Crippen LogP contribution is 2.33. The molecular weight excluding hydrogens is 485 g/mol. The maximum absolute atomic E-state index is 13.6. The maximum atomic E-state index is 13.6. The molecule has 3 N–H and O–H groups in total. The smallest absolute Gasteiger partial charge is 0.255 e. The molecule has 0 atom stereocenters. The molecule has 0 spiro atoms. The van der Waals surface area contributed by atoms with Crippen LogP contribution >= 0.6 is 11.6 Å². The van der Waals surface area contributed by atoms with E-state index in [1.54, 1.807) is 41.3 Å². The minimum atomic E-state index is -0.423. The number of rotatable bonds is 8. The van der Waals surface area contributed by atoms with E-state index in [1.165, 1.54) is 24.3 Å². The molecule has 2 amide bonds. The average Bonchev–Trinajstić information content (AvgIpc) is 3.33. The molecule has 0 unspecified atom stereocenters. The minimum Gasteiger partial charge on any atom is -0.454 e. The summed E-state index contributed by atoms with van der Waals surface area (Å²) in [5.41, 5.74) is 7.52. The lowest BCUT2D eigenvalue weighted by Gasteiger charge is -2.32. The van der Waals surface area contributed by atoms with Crippen LogP contribution in [0.25, 0.3) is 0 Å². The van der Waals surface area contributed by atoms with E-state index in [1.807, 2.05) is 13.8 Å². The van der Waals surface area contributed by atoms with Gasteiger partial charge in [0.25, 0.3) is 11.8 Å². The first-order chi connectivity index (χ1) is 17.1. The number of nitrogens with one attached hydrogen (secondary N) is 1. The van der Waals surface area contributed by atoms with Gasteiger partial charge in [0.15, 0.2) is 11.5 Å². The SMILES string of the molecule is CC(C)(CN)CN(Cc1cc(NC(=O)c2ccc(F)cc2)ccc1Cl)C(=O)c1ccc2c(c1)OCO2. The number of carbonyl (C=O) groups is 2. The maximum Gasteiger partial charge on any atom is 0.255 e. The Morgan fingerprint density at radius 1 is 1.03 bits per heavy atom. The molecule has 0 saturated heterocycles. The van der Waals surface area contributed by atoms with Gasteiger partial charge in [-0.1, -0.05) is 25.4 Å². The number of nitrogens with zero attached hydrogens (tertiary/aromatic N) is 1. The molecule has 3 aromatic rings. The predicted molar refractivity (Wildman–Crippen MR) is 136 cm³/mol. The largest absolute Gasteiger partial charge is 0.454 e. The number of anilines is 1. The van der Waals surface area contributed by atoms with Crippen molar-refractivity contribution in [2.45, 2.75) is 20.4 Å². The van der Waals surface area contributed by atoms with Gasteiger partial charge in [-0.2, -0.15) is 0 Å². The zero-order valence-corrected chi connectivity index (χ0v) is 20.8. The molecule has 9 heteroatoms. The zero-order valence-electron chi connectivity index (χ0n) is 20.0. The zero-order chi connectivity index (χ0) is 25.9. The first-order valence-electron chi connectivity index (χ1n) is 11.4. The molecule has 3 aromatic carbocycles. The van der Waals surface area contributed by atoms with Crippen LogP contribution in [0.3, 0.4) is 0 Å². The number of ether oxygens (including phenoxy) is 2. The minimum absolute atomic E-state index is 0.114. The van der Waals surface area contributed by atoms with E-state index < -0.39 is 5.82 Å². The van der Waals surface area contributed by atoms with Gasteiger partial charge in [-0.05, 0) is 78.2 Å². The first kappa shape index (κ1) is 25.5. The Morgan fingerprint density at radius 3 is 2.44 bits per heavy atom. The summed E-state index contributed by atoms with van der Waals surface area (Å²) < 4.78 is 24.0. The van der Waals surface area contributed by atoms with E-state index in [2.05, 4.69) is 5.32 Å². The molecule has 4 rings (SSSR count). The lowest BCUT2D eigenvalue weighted by molar-refractivity contribution is 0.0673. The van der Waals surface area contributed by atoms with Crippen LogP contribution in [0.1, 0.15) is 40.1 Å². The van der Waals surface area contributed by atoms with E-state index in [0.29, 0.717) is 52.0 Å². The monoisotopic (exact) mass is 511 g/mol. The highest BCUT2D eigenvalue weighted by Gasteiger charge is 2.27. The Bertz CT molecular complexity index is 1280. The number of hydrogen-bond donors (Lipinski definition) is 2. The van der Waals surface area contributed by atoms with Gasteiger partial charge in [-0.25, -0.2) is 4.39 Å². The second kappa shape index (κ2) is 10.6. The van der Waals surface area contributed by atoms with E-state index in [9.17, 15) is 14.0 Å². The average molecular weight is 512 g/mol. The molecule has 1 aliphatic rings. The van der Waals surface area contributed by atoms with Crippen LogP contribution in [-0.2, 0) is 6.54 Å². The summed E-state index contributed by atoms with van der Waals surface area (Å²) in [6.07, 6.45) is 0. The van der Waals surface area contributed by atoms with Crippen molar-refractivity contribution < 1.29 is 23.5 Å². The molecular formula is C27H27ClFN3O4. The molecule has 0 saturated carbocycles. The Morgan fingerprint density at radius 2 is 1.72 bits per heavy atom. The van der Waals surface area contributed by atoms with Crippen LogP contribution in [0, 0.1) is 11.2 Å². The van der Waals surface area contributed by atoms with Crippen LogP contribution in [0.15, 0.2) is 60.7 Å². The van der Waals surface area contributed by atoms with Gasteiger partial charge in [-0.3, -0.25) is 9.59 Å². The van der Waals surface area contributed by atoms with Crippen molar-refractivity contribution in [1.29, 1.82) is 0 Å². The fourth-order valence-electron chi connectivity index (χ4n) is 3.78. The van der Waals surface area contributed by atoms with E-state index in [0.717, 1.165) is 0 Å². The van der Waals surface area contributed by atoms with Crippen molar-refractivity contribution in [1.82, 2.24) is 4.90 Å². The molecule has 0 fully saturated rings. The third-order valence-corrected chi connectivity index (χ3v) is 6.22. The molecule has 7 nitrogen and oxygen atoms in total. The Balaban J connectivity index is 1.58. The van der Waals surface area contributed by atoms with Crippen LogP contribution < -0.4 is 20.5 Å². The second-order valence-corrected chi connectivity index (χ2v) is 9.77. The van der Waals surface area contributed by atoms with Gasteiger partial charge in [0, 0.05) is 34.9 Å². The third kappa shape index (κ3) is 5.95. The summed E-state index contributed by atoms with van der Waals surface area (Å²) >= 11 is 6.49. The molecule has 1 aliphatic heterocycles. The molecule has 1 heterocycles. The van der Waals surface area contributed by atoms with Crippen LogP contribution in [0.4, 0.5) is 10.1 Å². The third-order valence-electron chi connectivity index (χ3n) is 5.85. The van der Waals surface area contributed by atoms with Gasteiger partial charge in [0.2, 0.25) is 6.79 Å². The fraction of sp³-hybridized carbons (Fsp3) is 0.259. The predicted octanol–water partition coefficient (Wildman–Crippen LogP) is 5.09. The lowest BCUT2D eigenvalue weighted by Crippen LogP contribution is -2.41. The van der Waals surface area contributed by atoms with Gasteiger partial charge in [-0.15, -0.1) is 0 Å². The summed E-state index contributed by atoms with van der Waals surface area (Å²) in [6.45, 7) is 5.01. The normalized spacial score (nSPS) is 12.4. The molecule has 36 heavy (non-hydrogen) atoms. The van der Waals surface area contributed by atoms with Crippen molar-refractivity contribution >= 4 is 29.1 Å². The van der Waals surface area contributed by atoms with Crippen molar-refractivity contribution in [3.05, 3.63) is 88.2 Å². The number of fused-ring (bicyclic) bond motifs is 1. The first-order valence-corrected chi connectivity index (χ1v) is 11.8. The van der Waals surface area contributed by atoms with Crippen LogP contribution in [-0.4, -0.2) is 36.6 Å². The molecule has 0 aromatic heterocycles. The molecule has 0 aliphatic carbocycles. The topological polar surface area (TPSA) is 93.9 Å². The van der Waals surface area contributed by atoms with E-state index in [4.69, 9.17) is 26.8 Å². The Kier molecular flexibility index (Phi) is 7.47. The number of halogens is 2. The van der Waals surface area contributed by atoms with Crippen molar-refractivity contribution in [3.8, 4) is 11.5 Å². The Hall–Kier alpha value is -3.62. The number of benzene rings is 3. The van der Waals surface area contributed by atoms with Crippen molar-refractivity contribution in [2.75, 3.05) is 25.2 Å². The van der Waals surface area contributed by atoms with Crippen molar-refractivity contribution in [3.63, 3.8) is 0 Å². The van der Waals surface area contributed by atoms with Crippen molar-refractivity contribution in [2.24, 2.45) is 11.1 Å². The summed E-state index contributed by atoms with van der Waals surface area (Å²) in [7, 11) is 0. The van der Waals surface area contributed by atoms with Crippen LogP contribution in [0.5, 0.6) is 11.5 Å². The second-order valence-electron chi connectivity index (χ2n) is 9.36. The quantitative estimate of drug-likeness (QED) is 0.439. The lowest BCUT2D eigenvalue weighted by atomic mass is 9.92. The van der Waals surface area contributed by atoms with E-state index >= 15 is 0 Å². The molecule has 0 radical (unpaired) electrons. The summed E-state index contributed by atoms with van der Waals surface area (Å²) in [5, 5.41) is 3.24. The molecule has 0 bridgehead atoms. The van der Waals surface area contributed by atoms with Gasteiger partial charge in [0.05, 0.1) is 0 Å². The van der Waals surface area contributed by atoms with Gasteiger partial charge < -0.3 is 25.4 Å².